The molecular weight excluding hydrogens is 390 g/mol. The maximum atomic E-state index is 12.4. The summed E-state index contributed by atoms with van der Waals surface area (Å²) in [6, 6.07) is 7.00. The normalized spacial score (nSPS) is 19.3. The van der Waals surface area contributed by atoms with E-state index in [4.69, 9.17) is 9.47 Å². The summed E-state index contributed by atoms with van der Waals surface area (Å²) in [5.74, 6) is -0.00183. The Labute approximate surface area is 164 Å². The van der Waals surface area contributed by atoms with Crippen LogP contribution in [0, 0.1) is 0 Å². The van der Waals surface area contributed by atoms with Crippen molar-refractivity contribution in [3.05, 3.63) is 24.3 Å². The van der Waals surface area contributed by atoms with E-state index in [0.29, 0.717) is 13.0 Å². The van der Waals surface area contributed by atoms with Crippen LogP contribution >= 0.6 is 11.8 Å². The number of benzene rings is 1. The second-order valence-corrected chi connectivity index (χ2v) is 9.61. The molecule has 1 amide bonds. The highest BCUT2D eigenvalue weighted by Crippen LogP contribution is 2.22. The minimum atomic E-state index is -3.08. The maximum Gasteiger partial charge on any atom is 0.317 e. The van der Waals surface area contributed by atoms with Crippen LogP contribution in [0.15, 0.2) is 29.2 Å². The molecule has 7 nitrogen and oxygen atoms in total. The van der Waals surface area contributed by atoms with Crippen LogP contribution in [0.1, 0.15) is 20.3 Å². The summed E-state index contributed by atoms with van der Waals surface area (Å²) in [5.41, 5.74) is 0. The molecule has 9 heteroatoms. The number of rotatable bonds is 8. The summed E-state index contributed by atoms with van der Waals surface area (Å²) >= 11 is 1.31. The zero-order valence-corrected chi connectivity index (χ0v) is 17.3. The molecule has 1 aromatic rings. The van der Waals surface area contributed by atoms with Crippen LogP contribution in [0.5, 0.6) is 5.75 Å². The van der Waals surface area contributed by atoms with Crippen molar-refractivity contribution in [2.45, 2.75) is 37.3 Å². The van der Waals surface area contributed by atoms with E-state index in [9.17, 15) is 18.0 Å². The number of hydrogen-bond acceptors (Lipinski definition) is 7. The van der Waals surface area contributed by atoms with Crippen molar-refractivity contribution < 1.29 is 27.5 Å². The van der Waals surface area contributed by atoms with Crippen molar-refractivity contribution in [1.29, 1.82) is 0 Å². The van der Waals surface area contributed by atoms with Crippen LogP contribution in [-0.2, 0) is 24.2 Å². The third-order valence-electron chi connectivity index (χ3n) is 4.25. The van der Waals surface area contributed by atoms with Crippen molar-refractivity contribution in [2.75, 3.05) is 30.9 Å². The molecule has 0 radical (unpaired) electrons. The Balaban J connectivity index is 1.79. The lowest BCUT2D eigenvalue weighted by Crippen LogP contribution is -2.44. The SMILES string of the molecule is CCOc1ccc(SCC(=O)O[C@H](C)C(=O)N(C)[C@H]2CCS(=O)(=O)C2)cc1. The van der Waals surface area contributed by atoms with E-state index in [1.807, 2.05) is 31.2 Å². The van der Waals surface area contributed by atoms with Crippen molar-refractivity contribution in [3.8, 4) is 5.75 Å². The third-order valence-corrected chi connectivity index (χ3v) is 6.99. The van der Waals surface area contributed by atoms with Crippen molar-refractivity contribution in [2.24, 2.45) is 0 Å². The predicted octanol–water partition coefficient (Wildman–Crippen LogP) is 1.75. The zero-order chi connectivity index (χ0) is 20.0. The lowest BCUT2D eigenvalue weighted by molar-refractivity contribution is -0.157. The fourth-order valence-electron chi connectivity index (χ4n) is 2.77. The van der Waals surface area contributed by atoms with E-state index in [0.717, 1.165) is 10.6 Å². The van der Waals surface area contributed by atoms with E-state index in [2.05, 4.69) is 0 Å². The van der Waals surface area contributed by atoms with Gasteiger partial charge in [0.1, 0.15) is 5.75 Å². The average molecular weight is 416 g/mol. The second kappa shape index (κ2) is 9.45. The van der Waals surface area contributed by atoms with Gasteiger partial charge in [-0.2, -0.15) is 0 Å². The average Bonchev–Trinajstić information content (AvgIpc) is 3.00. The molecule has 2 atom stereocenters. The van der Waals surface area contributed by atoms with Crippen molar-refractivity contribution in [3.63, 3.8) is 0 Å². The van der Waals surface area contributed by atoms with Gasteiger partial charge in [0.15, 0.2) is 15.9 Å². The number of carbonyl (C=O) groups is 2. The van der Waals surface area contributed by atoms with Gasteiger partial charge < -0.3 is 14.4 Å². The Bertz CT molecular complexity index is 763. The van der Waals surface area contributed by atoms with Gasteiger partial charge in [0.25, 0.3) is 5.91 Å². The topological polar surface area (TPSA) is 90.0 Å². The van der Waals surface area contributed by atoms with Crippen LogP contribution < -0.4 is 4.74 Å². The highest BCUT2D eigenvalue weighted by molar-refractivity contribution is 8.00. The van der Waals surface area contributed by atoms with Crippen molar-refractivity contribution in [1.82, 2.24) is 4.90 Å². The lowest BCUT2D eigenvalue weighted by Gasteiger charge is -2.26. The molecule has 2 rings (SSSR count). The molecule has 0 unspecified atom stereocenters. The molecule has 1 aromatic carbocycles. The molecule has 1 aliphatic rings. The summed E-state index contributed by atoms with van der Waals surface area (Å²) in [6.45, 7) is 4.00. The molecule has 0 saturated carbocycles. The molecule has 1 saturated heterocycles. The first-order valence-corrected chi connectivity index (χ1v) is 11.5. The molecule has 150 valence electrons. The van der Waals surface area contributed by atoms with Gasteiger partial charge in [-0.3, -0.25) is 9.59 Å². The fraction of sp³-hybridized carbons (Fsp3) is 0.556. The van der Waals surface area contributed by atoms with Gasteiger partial charge in [0.05, 0.1) is 23.9 Å². The number of thioether (sulfide) groups is 1. The number of amides is 1. The van der Waals surface area contributed by atoms with E-state index >= 15 is 0 Å². The van der Waals surface area contributed by atoms with Gasteiger partial charge in [-0.1, -0.05) is 0 Å². The monoisotopic (exact) mass is 415 g/mol. The van der Waals surface area contributed by atoms with Crippen LogP contribution in [0.25, 0.3) is 0 Å². The molecular formula is C18H25NO6S2. The lowest BCUT2D eigenvalue weighted by atomic mass is 10.2. The Morgan fingerprint density at radius 2 is 1.96 bits per heavy atom. The number of nitrogens with zero attached hydrogens (tertiary/aromatic N) is 1. The fourth-order valence-corrected chi connectivity index (χ4v) is 5.23. The van der Waals surface area contributed by atoms with Gasteiger partial charge in [-0.05, 0) is 44.5 Å². The summed E-state index contributed by atoms with van der Waals surface area (Å²) in [5, 5.41) is 0. The number of esters is 1. The number of sulfone groups is 1. The molecule has 0 bridgehead atoms. The number of ether oxygens (including phenoxy) is 2. The third kappa shape index (κ3) is 6.42. The molecule has 0 aromatic heterocycles. The Hall–Kier alpha value is -1.74. The molecule has 1 aliphatic heterocycles. The van der Waals surface area contributed by atoms with Gasteiger partial charge in [-0.15, -0.1) is 11.8 Å². The van der Waals surface area contributed by atoms with Crippen LogP contribution in [0.4, 0.5) is 0 Å². The molecule has 0 aliphatic carbocycles. The summed E-state index contributed by atoms with van der Waals surface area (Å²) in [4.78, 5) is 26.7. The smallest absolute Gasteiger partial charge is 0.317 e. The van der Waals surface area contributed by atoms with Crippen LogP contribution in [0.2, 0.25) is 0 Å². The standard InChI is InChI=1S/C18H25NO6S2/c1-4-24-15-5-7-16(8-6-15)26-11-17(20)25-13(2)18(21)19(3)14-9-10-27(22,23)12-14/h5-8,13-14H,4,9-12H2,1-3H3/t13-,14+/m1/s1. The molecule has 0 spiro atoms. The maximum absolute atomic E-state index is 12.4. The van der Waals surface area contributed by atoms with Crippen molar-refractivity contribution >= 4 is 33.5 Å². The number of hydrogen-bond donors (Lipinski definition) is 0. The van der Waals surface area contributed by atoms with E-state index in [-0.39, 0.29) is 23.3 Å². The highest BCUT2D eigenvalue weighted by atomic mass is 32.2. The first-order valence-electron chi connectivity index (χ1n) is 8.74. The summed E-state index contributed by atoms with van der Waals surface area (Å²) in [6.07, 6.45) is -0.537. The van der Waals surface area contributed by atoms with E-state index < -0.39 is 27.8 Å². The van der Waals surface area contributed by atoms with Gasteiger partial charge >= 0.3 is 5.97 Å². The van der Waals surface area contributed by atoms with Crippen LogP contribution in [0.3, 0.4) is 0 Å². The first kappa shape index (κ1) is 21.6. The minimum absolute atomic E-state index is 0.0382. The van der Waals surface area contributed by atoms with E-state index in [1.165, 1.54) is 23.6 Å². The Morgan fingerprint density at radius 1 is 1.30 bits per heavy atom. The number of carbonyl (C=O) groups excluding carboxylic acids is 2. The summed E-state index contributed by atoms with van der Waals surface area (Å²) < 4.78 is 33.7. The Kier molecular flexibility index (Phi) is 7.55. The van der Waals surface area contributed by atoms with E-state index in [1.54, 1.807) is 7.05 Å². The highest BCUT2D eigenvalue weighted by Gasteiger charge is 2.34. The molecule has 1 fully saturated rings. The van der Waals surface area contributed by atoms with Gasteiger partial charge in [0, 0.05) is 18.0 Å². The molecule has 1 heterocycles. The molecule has 0 N–H and O–H groups in total. The summed E-state index contributed by atoms with van der Waals surface area (Å²) in [7, 11) is -1.53. The minimum Gasteiger partial charge on any atom is -0.494 e. The van der Waals surface area contributed by atoms with Crippen LogP contribution in [-0.4, -0.2) is 68.3 Å². The first-order chi connectivity index (χ1) is 12.7. The van der Waals surface area contributed by atoms with Gasteiger partial charge in [-0.25, -0.2) is 8.42 Å². The quantitative estimate of drug-likeness (QED) is 0.472. The van der Waals surface area contributed by atoms with Gasteiger partial charge in [0.2, 0.25) is 0 Å². The zero-order valence-electron chi connectivity index (χ0n) is 15.7. The Morgan fingerprint density at radius 3 is 2.52 bits per heavy atom. The predicted molar refractivity (Wildman–Crippen MR) is 104 cm³/mol. The second-order valence-electron chi connectivity index (χ2n) is 6.33. The number of likely N-dealkylation sites (N-methyl/N-ethyl adjacent to an activating group) is 1. The molecule has 27 heavy (non-hydrogen) atoms. The largest absolute Gasteiger partial charge is 0.494 e.